The predicted molar refractivity (Wildman–Crippen MR) is 65.8 cm³/mol. The highest BCUT2D eigenvalue weighted by Gasteiger charge is 2.22. The van der Waals surface area contributed by atoms with Crippen molar-refractivity contribution >= 4 is 21.8 Å². The van der Waals surface area contributed by atoms with Crippen molar-refractivity contribution in [2.24, 2.45) is 0 Å². The van der Waals surface area contributed by atoms with Crippen molar-refractivity contribution in [1.29, 1.82) is 0 Å². The third-order valence-corrected chi connectivity index (χ3v) is 3.28. The number of rotatable bonds is 2. The van der Waals surface area contributed by atoms with Crippen LogP contribution in [0, 0.1) is 0 Å². The Hall–Kier alpha value is -1.03. The third-order valence-electron chi connectivity index (χ3n) is 2.79. The first-order valence-corrected chi connectivity index (χ1v) is 6.14. The highest BCUT2D eigenvalue weighted by molar-refractivity contribution is 9.10. The molecular formula is C12H14BrNO2. The standard InChI is InChI=1S/C12H14BrNO2/c1-16-11-5-4-9(13)8-10(11)12(15)14-6-2-3-7-14/h4-5,8H,2-3,6-7H2,1H3. The molecule has 0 N–H and O–H groups in total. The Morgan fingerprint density at radius 2 is 2.06 bits per heavy atom. The summed E-state index contributed by atoms with van der Waals surface area (Å²) in [5, 5.41) is 0. The lowest BCUT2D eigenvalue weighted by atomic mass is 10.2. The van der Waals surface area contributed by atoms with Crippen molar-refractivity contribution in [2.75, 3.05) is 20.2 Å². The lowest BCUT2D eigenvalue weighted by Gasteiger charge is -2.17. The summed E-state index contributed by atoms with van der Waals surface area (Å²) in [7, 11) is 1.59. The number of nitrogens with zero attached hydrogens (tertiary/aromatic N) is 1. The second kappa shape index (κ2) is 4.87. The van der Waals surface area contributed by atoms with Gasteiger partial charge in [-0.15, -0.1) is 0 Å². The summed E-state index contributed by atoms with van der Waals surface area (Å²) in [5.41, 5.74) is 0.638. The minimum absolute atomic E-state index is 0.0654. The maximum atomic E-state index is 12.2. The van der Waals surface area contributed by atoms with Gasteiger partial charge < -0.3 is 9.64 Å². The molecule has 3 nitrogen and oxygen atoms in total. The first-order chi connectivity index (χ1) is 7.72. The Bertz CT molecular complexity index is 400. The summed E-state index contributed by atoms with van der Waals surface area (Å²) in [6.07, 6.45) is 2.20. The molecule has 1 aliphatic heterocycles. The number of carbonyl (C=O) groups is 1. The number of ether oxygens (including phenoxy) is 1. The van der Waals surface area contributed by atoms with Crippen molar-refractivity contribution < 1.29 is 9.53 Å². The van der Waals surface area contributed by atoms with Gasteiger partial charge in [0.25, 0.3) is 5.91 Å². The lowest BCUT2D eigenvalue weighted by molar-refractivity contribution is 0.0789. The van der Waals surface area contributed by atoms with Gasteiger partial charge in [0.05, 0.1) is 12.7 Å². The van der Waals surface area contributed by atoms with Crippen LogP contribution in [0.25, 0.3) is 0 Å². The fraction of sp³-hybridized carbons (Fsp3) is 0.417. The Balaban J connectivity index is 2.30. The van der Waals surface area contributed by atoms with Crippen molar-refractivity contribution in [1.82, 2.24) is 4.90 Å². The molecule has 1 fully saturated rings. The summed E-state index contributed by atoms with van der Waals surface area (Å²) in [4.78, 5) is 14.1. The largest absolute Gasteiger partial charge is 0.496 e. The van der Waals surface area contributed by atoms with Gasteiger partial charge in [-0.25, -0.2) is 0 Å². The van der Waals surface area contributed by atoms with E-state index in [9.17, 15) is 4.79 Å². The van der Waals surface area contributed by atoms with Gasteiger partial charge in [0, 0.05) is 17.6 Å². The molecule has 4 heteroatoms. The average molecular weight is 284 g/mol. The summed E-state index contributed by atoms with van der Waals surface area (Å²) in [6.45, 7) is 1.71. The monoisotopic (exact) mass is 283 g/mol. The summed E-state index contributed by atoms with van der Waals surface area (Å²) in [6, 6.07) is 5.51. The molecule has 0 saturated carbocycles. The molecule has 0 aliphatic carbocycles. The van der Waals surface area contributed by atoms with Gasteiger partial charge in [-0.2, -0.15) is 0 Å². The number of carbonyl (C=O) groups excluding carboxylic acids is 1. The molecule has 0 unspecified atom stereocenters. The van der Waals surface area contributed by atoms with Crippen LogP contribution in [0.2, 0.25) is 0 Å². The van der Waals surface area contributed by atoms with Crippen LogP contribution in [-0.2, 0) is 0 Å². The van der Waals surface area contributed by atoms with E-state index in [1.54, 1.807) is 7.11 Å². The first kappa shape index (κ1) is 11.5. The number of hydrogen-bond acceptors (Lipinski definition) is 2. The van der Waals surface area contributed by atoms with Gasteiger partial charge in [-0.1, -0.05) is 15.9 Å². The highest BCUT2D eigenvalue weighted by Crippen LogP contribution is 2.25. The molecule has 1 aliphatic rings. The van der Waals surface area contributed by atoms with E-state index in [1.165, 1.54) is 0 Å². The molecule has 0 radical (unpaired) electrons. The number of halogens is 1. The smallest absolute Gasteiger partial charge is 0.257 e. The van der Waals surface area contributed by atoms with E-state index in [1.807, 2.05) is 23.1 Å². The van der Waals surface area contributed by atoms with E-state index < -0.39 is 0 Å². The molecular weight excluding hydrogens is 270 g/mol. The zero-order chi connectivity index (χ0) is 11.5. The quantitative estimate of drug-likeness (QED) is 0.835. The average Bonchev–Trinajstić information content (AvgIpc) is 2.81. The van der Waals surface area contributed by atoms with Crippen LogP contribution in [0.5, 0.6) is 5.75 Å². The molecule has 0 atom stereocenters. The predicted octanol–water partition coefficient (Wildman–Crippen LogP) is 2.69. The van der Waals surface area contributed by atoms with E-state index in [0.717, 1.165) is 30.4 Å². The highest BCUT2D eigenvalue weighted by atomic mass is 79.9. The molecule has 16 heavy (non-hydrogen) atoms. The Labute approximate surface area is 104 Å². The molecule has 1 saturated heterocycles. The molecule has 1 heterocycles. The zero-order valence-electron chi connectivity index (χ0n) is 9.20. The van der Waals surface area contributed by atoms with Crippen molar-refractivity contribution in [3.63, 3.8) is 0 Å². The molecule has 0 spiro atoms. The molecule has 1 aromatic carbocycles. The molecule has 2 rings (SSSR count). The fourth-order valence-corrected chi connectivity index (χ4v) is 2.30. The minimum Gasteiger partial charge on any atom is -0.496 e. The zero-order valence-corrected chi connectivity index (χ0v) is 10.8. The first-order valence-electron chi connectivity index (χ1n) is 5.35. The maximum absolute atomic E-state index is 12.2. The summed E-state index contributed by atoms with van der Waals surface area (Å²) in [5.74, 6) is 0.704. The van der Waals surface area contributed by atoms with Gasteiger partial charge in [0.2, 0.25) is 0 Å². The van der Waals surface area contributed by atoms with Crippen LogP contribution in [0.4, 0.5) is 0 Å². The Morgan fingerprint density at radius 1 is 1.38 bits per heavy atom. The second-order valence-corrected chi connectivity index (χ2v) is 4.76. The van der Waals surface area contributed by atoms with Gasteiger partial charge in [-0.05, 0) is 31.0 Å². The summed E-state index contributed by atoms with van der Waals surface area (Å²) >= 11 is 3.38. The lowest BCUT2D eigenvalue weighted by Crippen LogP contribution is -2.27. The molecule has 1 aromatic rings. The van der Waals surface area contributed by atoms with E-state index >= 15 is 0 Å². The summed E-state index contributed by atoms with van der Waals surface area (Å²) < 4.78 is 6.11. The van der Waals surface area contributed by atoms with E-state index in [0.29, 0.717) is 11.3 Å². The number of benzene rings is 1. The minimum atomic E-state index is 0.0654. The van der Waals surface area contributed by atoms with Gasteiger partial charge in [0.1, 0.15) is 5.75 Å². The van der Waals surface area contributed by atoms with Gasteiger partial charge in [-0.3, -0.25) is 4.79 Å². The number of methoxy groups -OCH3 is 1. The van der Waals surface area contributed by atoms with Crippen LogP contribution >= 0.6 is 15.9 Å². The van der Waals surface area contributed by atoms with Gasteiger partial charge >= 0.3 is 0 Å². The topological polar surface area (TPSA) is 29.5 Å². The van der Waals surface area contributed by atoms with Crippen LogP contribution in [0.1, 0.15) is 23.2 Å². The number of likely N-dealkylation sites (tertiary alicyclic amines) is 1. The Kier molecular flexibility index (Phi) is 3.49. The normalized spacial score (nSPS) is 15.2. The molecule has 86 valence electrons. The molecule has 0 aromatic heterocycles. The molecule has 0 bridgehead atoms. The van der Waals surface area contributed by atoms with Crippen molar-refractivity contribution in [2.45, 2.75) is 12.8 Å². The van der Waals surface area contributed by atoms with Gasteiger partial charge in [0.15, 0.2) is 0 Å². The SMILES string of the molecule is COc1ccc(Br)cc1C(=O)N1CCCC1. The van der Waals surface area contributed by atoms with Crippen LogP contribution in [-0.4, -0.2) is 31.0 Å². The third kappa shape index (κ3) is 2.21. The fourth-order valence-electron chi connectivity index (χ4n) is 1.94. The Morgan fingerprint density at radius 3 is 2.69 bits per heavy atom. The maximum Gasteiger partial charge on any atom is 0.257 e. The van der Waals surface area contributed by atoms with Crippen LogP contribution < -0.4 is 4.74 Å². The van der Waals surface area contributed by atoms with Crippen LogP contribution in [0.15, 0.2) is 22.7 Å². The molecule has 1 amide bonds. The van der Waals surface area contributed by atoms with Crippen molar-refractivity contribution in [3.8, 4) is 5.75 Å². The van der Waals surface area contributed by atoms with E-state index in [4.69, 9.17) is 4.74 Å². The van der Waals surface area contributed by atoms with Crippen LogP contribution in [0.3, 0.4) is 0 Å². The number of amides is 1. The van der Waals surface area contributed by atoms with E-state index in [2.05, 4.69) is 15.9 Å². The number of hydrogen-bond donors (Lipinski definition) is 0. The van der Waals surface area contributed by atoms with Crippen molar-refractivity contribution in [3.05, 3.63) is 28.2 Å². The van der Waals surface area contributed by atoms with E-state index in [-0.39, 0.29) is 5.91 Å². The second-order valence-electron chi connectivity index (χ2n) is 3.84.